The maximum absolute atomic E-state index is 9.51. The molecule has 0 aliphatic carbocycles. The Morgan fingerprint density at radius 1 is 1.14 bits per heavy atom. The minimum Gasteiger partial charge on any atom is -0.412 e. The first-order valence-electron chi connectivity index (χ1n) is 0.690. The van der Waals surface area contributed by atoms with Crippen LogP contribution in [0, 0.1) is 0 Å². The monoisotopic (exact) mass is 204 g/mol. The van der Waals surface area contributed by atoms with Crippen molar-refractivity contribution in [2.24, 2.45) is 0 Å². The van der Waals surface area contributed by atoms with Gasteiger partial charge in [-0.3, -0.25) is 4.57 Å². The van der Waals surface area contributed by atoms with Crippen molar-refractivity contribution < 1.29 is 10.0 Å². The van der Waals surface area contributed by atoms with Gasteiger partial charge in [0.15, 0.2) is 0 Å². The summed E-state index contributed by atoms with van der Waals surface area (Å²) in [5.74, 6) is 0. The molecule has 0 saturated heterocycles. The van der Waals surface area contributed by atoms with E-state index in [4.69, 9.17) is 0 Å². The third kappa shape index (κ3) is 102. The third-order valence-corrected chi connectivity index (χ3v) is 0. The van der Waals surface area contributed by atoms with E-state index in [-0.39, 0.29) is 15.4 Å². The first kappa shape index (κ1) is 15.8. The average molecular weight is 205 g/mol. The highest BCUT2D eigenvalue weighted by molar-refractivity contribution is 8.24. The number of hydrogen-bond acceptors (Lipinski definition) is 1. The molecular weight excluding hydrogens is 200 g/mol. The van der Waals surface area contributed by atoms with Crippen LogP contribution in [0.4, 0.5) is 0 Å². The Labute approximate surface area is 59.2 Å². The molecule has 0 amide bonds. The highest BCUT2D eigenvalue weighted by Crippen LogP contribution is 2.61. The van der Waals surface area contributed by atoms with Gasteiger partial charge in [0.2, 0.25) is 0 Å². The van der Waals surface area contributed by atoms with Crippen LogP contribution >= 0.6 is 48.8 Å². The van der Waals surface area contributed by atoms with Gasteiger partial charge in [-0.15, -0.1) is 0 Å². The van der Waals surface area contributed by atoms with E-state index >= 15 is 0 Å². The van der Waals surface area contributed by atoms with Crippen molar-refractivity contribution in [2.75, 3.05) is 0 Å². The van der Waals surface area contributed by atoms with E-state index in [0.29, 0.717) is 0 Å². The van der Waals surface area contributed by atoms with Crippen LogP contribution in [0.15, 0.2) is 0 Å². The predicted octanol–water partition coefficient (Wildman–Crippen LogP) is 2.04. The van der Waals surface area contributed by atoms with E-state index in [1.165, 1.54) is 0 Å². The van der Waals surface area contributed by atoms with Gasteiger partial charge in [-0.2, -0.15) is 9.90 Å². The van der Waals surface area contributed by atoms with Gasteiger partial charge in [-0.05, 0) is 33.7 Å². The summed E-state index contributed by atoms with van der Waals surface area (Å²) in [6, 6.07) is 0. The SMILES string of the molecule is O.O=P(Cl)(Cl)Cl.P. The summed E-state index contributed by atoms with van der Waals surface area (Å²) in [6.07, 6.45) is 0. The molecule has 0 bridgehead atoms. The highest BCUT2D eigenvalue weighted by Gasteiger charge is 2.02. The Morgan fingerprint density at radius 3 is 1.14 bits per heavy atom. The summed E-state index contributed by atoms with van der Waals surface area (Å²) < 4.78 is 9.51. The van der Waals surface area contributed by atoms with Crippen LogP contribution in [-0.4, -0.2) is 5.48 Å². The number of rotatable bonds is 0. The summed E-state index contributed by atoms with van der Waals surface area (Å²) in [4.78, 5) is 0. The van der Waals surface area contributed by atoms with Crippen LogP contribution in [0.2, 0.25) is 0 Å². The van der Waals surface area contributed by atoms with Crippen LogP contribution in [0.25, 0.3) is 0 Å². The second-order valence-corrected chi connectivity index (χ2v) is 7.04. The largest absolute Gasteiger partial charge is 0.412 e. The van der Waals surface area contributed by atoms with Gasteiger partial charge in [-0.25, -0.2) is 0 Å². The molecule has 2 nitrogen and oxygen atoms in total. The third-order valence-electron chi connectivity index (χ3n) is 0. The zero-order valence-electron chi connectivity index (χ0n) is 3.20. The van der Waals surface area contributed by atoms with Gasteiger partial charge in [0, 0.05) is 0 Å². The predicted molar refractivity (Wildman–Crippen MR) is 39.9 cm³/mol. The summed E-state index contributed by atoms with van der Waals surface area (Å²) >= 11 is 13.8. The lowest BCUT2D eigenvalue weighted by atomic mass is 16.0. The van der Waals surface area contributed by atoms with Gasteiger partial charge in [0.25, 0.3) is 0 Å². The Balaban J connectivity index is -0.0000000800. The lowest BCUT2D eigenvalue weighted by molar-refractivity contribution is 0.600. The molecule has 7 heteroatoms. The molecule has 0 aromatic carbocycles. The Kier molecular flexibility index (Phi) is 12.7. The average Bonchev–Trinajstić information content (AvgIpc) is 0.722. The molecule has 48 valence electrons. The van der Waals surface area contributed by atoms with E-state index in [1.54, 1.807) is 0 Å². The van der Waals surface area contributed by atoms with Crippen LogP contribution in [0.1, 0.15) is 0 Å². The Hall–Kier alpha value is 1.49. The second-order valence-electron chi connectivity index (χ2n) is 0.399. The quantitative estimate of drug-likeness (QED) is 0.558. The summed E-state index contributed by atoms with van der Waals surface area (Å²) in [5, 5.41) is -3.22. The molecule has 2 N–H and O–H groups in total. The normalized spacial score (nSPS) is 8.43. The maximum Gasteiger partial charge on any atom is 0.339 e. The van der Waals surface area contributed by atoms with Gasteiger partial charge in [-0.1, -0.05) is 0 Å². The molecule has 7 heavy (non-hydrogen) atoms. The lowest BCUT2D eigenvalue weighted by Crippen LogP contribution is -1.19. The zero-order valence-corrected chi connectivity index (χ0v) is 7.77. The minimum atomic E-state index is -3.22. The smallest absolute Gasteiger partial charge is 0.339 e. The maximum atomic E-state index is 9.51. The molecule has 0 aromatic heterocycles. The van der Waals surface area contributed by atoms with Crippen molar-refractivity contribution in [3.8, 4) is 0 Å². The van der Waals surface area contributed by atoms with E-state index in [0.717, 1.165) is 0 Å². The topological polar surface area (TPSA) is 48.6 Å². The summed E-state index contributed by atoms with van der Waals surface area (Å²) in [6.45, 7) is 0. The lowest BCUT2D eigenvalue weighted by Gasteiger charge is -1.74. The molecule has 0 fully saturated rings. The molecule has 0 saturated carbocycles. The molecule has 1 unspecified atom stereocenters. The highest BCUT2D eigenvalue weighted by atomic mass is 36.0. The van der Waals surface area contributed by atoms with E-state index in [2.05, 4.69) is 33.7 Å². The fourth-order valence-corrected chi connectivity index (χ4v) is 0. The van der Waals surface area contributed by atoms with Gasteiger partial charge >= 0.3 is 5.20 Å². The van der Waals surface area contributed by atoms with Crippen LogP contribution in [-0.2, 0) is 4.57 Å². The second kappa shape index (κ2) is 5.62. The number of halogens is 3. The standard InChI is InChI=1S/Cl3OP.H2O.H3P/c1-5(2,3)4;;/h;1H2;1H3. The molecule has 0 aromatic rings. The Bertz CT molecular complexity index is 57.1. The fourth-order valence-electron chi connectivity index (χ4n) is 0. The van der Waals surface area contributed by atoms with Crippen molar-refractivity contribution in [2.45, 2.75) is 0 Å². The summed E-state index contributed by atoms with van der Waals surface area (Å²) in [5.41, 5.74) is 0. The first-order chi connectivity index (χ1) is 2.00. The van der Waals surface area contributed by atoms with Gasteiger partial charge in [0.05, 0.1) is 0 Å². The van der Waals surface area contributed by atoms with E-state index < -0.39 is 5.20 Å². The van der Waals surface area contributed by atoms with Crippen molar-refractivity contribution in [3.63, 3.8) is 0 Å². The number of hydrogen-bond donors (Lipinski definition) is 0. The molecule has 0 spiro atoms. The molecule has 0 radical (unpaired) electrons. The van der Waals surface area contributed by atoms with Crippen molar-refractivity contribution in [1.29, 1.82) is 0 Å². The molecule has 0 aliphatic heterocycles. The van der Waals surface area contributed by atoms with Gasteiger partial charge < -0.3 is 5.48 Å². The van der Waals surface area contributed by atoms with Crippen molar-refractivity contribution >= 4 is 48.8 Å². The molecule has 0 heterocycles. The van der Waals surface area contributed by atoms with Crippen molar-refractivity contribution in [3.05, 3.63) is 0 Å². The van der Waals surface area contributed by atoms with E-state index in [1.807, 2.05) is 0 Å². The molecule has 1 atom stereocenters. The molecule has 0 rings (SSSR count). The molecule has 0 aliphatic rings. The van der Waals surface area contributed by atoms with Crippen LogP contribution in [0.5, 0.6) is 0 Å². The van der Waals surface area contributed by atoms with Crippen LogP contribution < -0.4 is 0 Å². The van der Waals surface area contributed by atoms with Gasteiger partial charge in [0.1, 0.15) is 0 Å². The fraction of sp³-hybridized carbons (Fsp3) is 0. The zero-order chi connectivity index (χ0) is 4.50. The first-order valence-corrected chi connectivity index (χ1v) is 5.11. The van der Waals surface area contributed by atoms with E-state index in [9.17, 15) is 4.57 Å². The van der Waals surface area contributed by atoms with Crippen LogP contribution in [0.3, 0.4) is 0 Å². The summed E-state index contributed by atoms with van der Waals surface area (Å²) in [7, 11) is 0. The minimum absolute atomic E-state index is 0. The van der Waals surface area contributed by atoms with Crippen molar-refractivity contribution in [1.82, 2.24) is 0 Å². The Morgan fingerprint density at radius 2 is 1.14 bits per heavy atom. The molecular formula is H5Cl3O2P2.